The largest absolute Gasteiger partial charge is 0.385 e. The van der Waals surface area contributed by atoms with Gasteiger partial charge in [-0.05, 0) is 54.5 Å². The van der Waals surface area contributed by atoms with Gasteiger partial charge in [-0.2, -0.15) is 0 Å². The number of hydrogen-bond acceptors (Lipinski definition) is 6. The summed E-state index contributed by atoms with van der Waals surface area (Å²) in [5, 5.41) is 10.0. The maximum absolute atomic E-state index is 14.1. The smallest absolute Gasteiger partial charge is 0.237 e. The van der Waals surface area contributed by atoms with E-state index in [1.54, 1.807) is 13.8 Å². The standard InChI is InChI=1S/C20H28FN3O3S2/c1-11(2)14-7-13(21)8-15(12(3)4)16(14)9-18(25)24-29(22,27)19-23-10-17(28-19)20(5,6)26/h7-8,10-12,26H,9H2,1-6H3,(H2,22,24,25,27). The Labute approximate surface area is 175 Å². The van der Waals surface area contributed by atoms with Crippen LogP contribution < -0.4 is 4.72 Å². The Morgan fingerprint density at radius 3 is 2.21 bits per heavy atom. The van der Waals surface area contributed by atoms with Gasteiger partial charge in [0.05, 0.1) is 16.9 Å². The molecule has 0 aliphatic carbocycles. The van der Waals surface area contributed by atoms with Crippen LogP contribution >= 0.6 is 11.3 Å². The van der Waals surface area contributed by atoms with Crippen molar-refractivity contribution < 1.29 is 18.5 Å². The average molecular weight is 442 g/mol. The molecule has 1 unspecified atom stereocenters. The van der Waals surface area contributed by atoms with Gasteiger partial charge in [-0.25, -0.2) is 18.4 Å². The number of rotatable bonds is 7. The van der Waals surface area contributed by atoms with E-state index < -0.39 is 21.4 Å². The van der Waals surface area contributed by atoms with Crippen LogP contribution in [0.5, 0.6) is 0 Å². The number of carbonyl (C=O) groups excluding carboxylic acids is 1. The van der Waals surface area contributed by atoms with Crippen molar-refractivity contribution in [1.82, 2.24) is 9.71 Å². The monoisotopic (exact) mass is 441 g/mol. The molecule has 3 N–H and O–H groups in total. The first-order chi connectivity index (χ1) is 13.2. The highest BCUT2D eigenvalue weighted by molar-refractivity contribution is 7.93. The van der Waals surface area contributed by atoms with Crippen LogP contribution in [0, 0.1) is 10.6 Å². The molecule has 0 aliphatic heterocycles. The van der Waals surface area contributed by atoms with Crippen molar-refractivity contribution in [3.8, 4) is 0 Å². The van der Waals surface area contributed by atoms with Crippen LogP contribution in [0.2, 0.25) is 0 Å². The zero-order valence-electron chi connectivity index (χ0n) is 17.5. The predicted octanol–water partition coefficient (Wildman–Crippen LogP) is 4.44. The molecule has 0 spiro atoms. The number of benzene rings is 1. The summed E-state index contributed by atoms with van der Waals surface area (Å²) >= 11 is 0.925. The summed E-state index contributed by atoms with van der Waals surface area (Å²) in [6.07, 6.45) is 1.24. The zero-order valence-corrected chi connectivity index (χ0v) is 19.1. The molecule has 6 nitrogen and oxygen atoms in total. The van der Waals surface area contributed by atoms with E-state index in [0.29, 0.717) is 10.4 Å². The molecule has 0 bridgehead atoms. The molecule has 2 aromatic rings. The molecule has 1 atom stereocenters. The molecule has 1 aromatic carbocycles. The number of aliphatic hydroxyl groups is 1. The van der Waals surface area contributed by atoms with E-state index in [9.17, 15) is 18.5 Å². The molecule has 0 aliphatic rings. The molecule has 1 aromatic heterocycles. The third kappa shape index (κ3) is 5.61. The fourth-order valence-electron chi connectivity index (χ4n) is 2.99. The Hall–Kier alpha value is -1.84. The molecule has 0 fully saturated rings. The predicted molar refractivity (Wildman–Crippen MR) is 113 cm³/mol. The summed E-state index contributed by atoms with van der Waals surface area (Å²) in [5.41, 5.74) is 0.959. The van der Waals surface area contributed by atoms with Gasteiger partial charge in [0.2, 0.25) is 10.2 Å². The van der Waals surface area contributed by atoms with Gasteiger partial charge in [0.15, 0.2) is 9.92 Å². The third-order valence-corrected chi connectivity index (χ3v) is 7.63. The van der Waals surface area contributed by atoms with E-state index >= 15 is 0 Å². The van der Waals surface area contributed by atoms with Gasteiger partial charge in [-0.15, -0.1) is 11.3 Å². The van der Waals surface area contributed by atoms with Crippen molar-refractivity contribution in [3.05, 3.63) is 45.7 Å². The summed E-state index contributed by atoms with van der Waals surface area (Å²) in [5.74, 6) is -0.951. The van der Waals surface area contributed by atoms with Gasteiger partial charge in [0, 0.05) is 6.20 Å². The molecule has 9 heteroatoms. The lowest BCUT2D eigenvalue weighted by molar-refractivity contribution is -0.118. The number of thiazole rings is 1. The lowest BCUT2D eigenvalue weighted by Gasteiger charge is -2.20. The van der Waals surface area contributed by atoms with Gasteiger partial charge >= 0.3 is 0 Å². The Morgan fingerprint density at radius 1 is 1.28 bits per heavy atom. The molecule has 0 radical (unpaired) electrons. The minimum absolute atomic E-state index is 0.000311. The highest BCUT2D eigenvalue weighted by Crippen LogP contribution is 2.30. The summed E-state index contributed by atoms with van der Waals surface area (Å²) < 4.78 is 37.1. The van der Waals surface area contributed by atoms with Crippen LogP contribution in [-0.2, 0) is 26.7 Å². The number of nitrogens with one attached hydrogen (secondary N) is 2. The van der Waals surface area contributed by atoms with Gasteiger partial charge in [-0.3, -0.25) is 9.52 Å². The molecule has 1 amide bonds. The van der Waals surface area contributed by atoms with Gasteiger partial charge < -0.3 is 5.11 Å². The second-order valence-corrected chi connectivity index (χ2v) is 11.2. The average Bonchev–Trinajstić information content (AvgIpc) is 3.06. The van der Waals surface area contributed by atoms with Crippen molar-refractivity contribution >= 4 is 27.2 Å². The molecule has 29 heavy (non-hydrogen) atoms. The number of halogens is 1. The first-order valence-corrected chi connectivity index (χ1v) is 11.7. The Morgan fingerprint density at radius 2 is 1.79 bits per heavy atom. The SMILES string of the molecule is CC(C)c1cc(F)cc(C(C)C)c1CC(=O)NS(=N)(=O)c1ncc(C(C)(C)O)s1. The van der Waals surface area contributed by atoms with E-state index in [2.05, 4.69) is 9.71 Å². The lowest BCUT2D eigenvalue weighted by atomic mass is 9.87. The summed E-state index contributed by atoms with van der Waals surface area (Å²) in [6, 6.07) is 2.85. The maximum atomic E-state index is 14.1. The first-order valence-electron chi connectivity index (χ1n) is 9.32. The molecular formula is C20H28FN3O3S2. The molecule has 160 valence electrons. The topological polar surface area (TPSA) is 103 Å². The third-order valence-electron chi connectivity index (χ3n) is 4.46. The molecular weight excluding hydrogens is 413 g/mol. The minimum Gasteiger partial charge on any atom is -0.385 e. The van der Waals surface area contributed by atoms with Crippen molar-refractivity contribution in [2.75, 3.05) is 0 Å². The van der Waals surface area contributed by atoms with Gasteiger partial charge in [0.1, 0.15) is 5.82 Å². The lowest BCUT2D eigenvalue weighted by Crippen LogP contribution is -2.31. The second-order valence-electron chi connectivity index (χ2n) is 8.18. The summed E-state index contributed by atoms with van der Waals surface area (Å²) in [4.78, 5) is 17.1. The number of aromatic nitrogens is 1. The van der Waals surface area contributed by atoms with Crippen LogP contribution in [-0.4, -0.2) is 20.2 Å². The molecule has 0 saturated carbocycles. The molecule has 2 rings (SSSR count). The summed E-state index contributed by atoms with van der Waals surface area (Å²) in [6.45, 7) is 10.8. The first kappa shape index (κ1) is 23.4. The fraction of sp³-hybridized carbons (Fsp3) is 0.500. The van der Waals surface area contributed by atoms with E-state index in [-0.39, 0.29) is 28.4 Å². The number of nitrogens with zero attached hydrogens (tertiary/aromatic N) is 1. The van der Waals surface area contributed by atoms with E-state index in [1.165, 1.54) is 18.3 Å². The minimum atomic E-state index is -3.67. The van der Waals surface area contributed by atoms with Crippen molar-refractivity contribution in [2.45, 2.75) is 69.7 Å². The van der Waals surface area contributed by atoms with E-state index in [4.69, 9.17) is 4.78 Å². The van der Waals surface area contributed by atoms with Crippen LogP contribution in [0.4, 0.5) is 4.39 Å². The molecule has 0 saturated heterocycles. The van der Waals surface area contributed by atoms with Crippen LogP contribution in [0.25, 0.3) is 0 Å². The van der Waals surface area contributed by atoms with E-state index in [1.807, 2.05) is 27.7 Å². The highest BCUT2D eigenvalue weighted by atomic mass is 32.2. The maximum Gasteiger partial charge on any atom is 0.237 e. The van der Waals surface area contributed by atoms with Crippen LogP contribution in [0.1, 0.15) is 74.9 Å². The van der Waals surface area contributed by atoms with Crippen molar-refractivity contribution in [1.29, 1.82) is 4.78 Å². The van der Waals surface area contributed by atoms with Crippen LogP contribution in [0.15, 0.2) is 22.7 Å². The van der Waals surface area contributed by atoms with Gasteiger partial charge in [0.25, 0.3) is 0 Å². The highest BCUT2D eigenvalue weighted by Gasteiger charge is 2.25. The second kappa shape index (κ2) is 8.49. The van der Waals surface area contributed by atoms with Crippen LogP contribution in [0.3, 0.4) is 0 Å². The van der Waals surface area contributed by atoms with Gasteiger partial charge in [-0.1, -0.05) is 27.7 Å². The summed E-state index contributed by atoms with van der Waals surface area (Å²) in [7, 11) is -3.67. The normalized spacial score (nSPS) is 14.3. The number of hydrogen-bond donors (Lipinski definition) is 3. The fourth-order valence-corrected chi connectivity index (χ4v) is 5.18. The quantitative estimate of drug-likeness (QED) is 0.591. The van der Waals surface area contributed by atoms with Crippen molar-refractivity contribution in [2.24, 2.45) is 0 Å². The van der Waals surface area contributed by atoms with E-state index in [0.717, 1.165) is 22.5 Å². The number of amides is 1. The zero-order chi connectivity index (χ0) is 22.1. The molecule has 1 heterocycles. The Kier molecular flexibility index (Phi) is 6.86. The number of carbonyl (C=O) groups is 1. The Bertz CT molecular complexity index is 977. The Balaban J connectivity index is 2.32. The van der Waals surface area contributed by atoms with Crippen molar-refractivity contribution in [3.63, 3.8) is 0 Å².